The second-order valence-electron chi connectivity index (χ2n) is 11.5. The van der Waals surface area contributed by atoms with Crippen LogP contribution in [0.5, 0.6) is 11.5 Å². The lowest BCUT2D eigenvalue weighted by atomic mass is 9.96. The van der Waals surface area contributed by atoms with Crippen molar-refractivity contribution in [2.24, 2.45) is 0 Å². The normalized spacial score (nSPS) is 10.9. The monoisotopic (exact) mass is 626 g/mol. The first-order valence-electron chi connectivity index (χ1n) is 15.6. The summed E-state index contributed by atoms with van der Waals surface area (Å²) < 4.78 is 57.4. The van der Waals surface area contributed by atoms with E-state index < -0.39 is 17.5 Å². The molecule has 0 atom stereocenters. The van der Waals surface area contributed by atoms with Crippen molar-refractivity contribution in [3.63, 3.8) is 0 Å². The van der Waals surface area contributed by atoms with Gasteiger partial charge in [0.2, 0.25) is 0 Å². The van der Waals surface area contributed by atoms with Gasteiger partial charge < -0.3 is 9.47 Å². The number of aryl methyl sites for hydroxylation is 1. The Labute approximate surface area is 273 Å². The van der Waals surface area contributed by atoms with Crippen molar-refractivity contribution in [3.8, 4) is 56.7 Å². The fourth-order valence-electron chi connectivity index (χ4n) is 5.46. The first-order chi connectivity index (χ1) is 22.8. The van der Waals surface area contributed by atoms with Gasteiger partial charge in [0, 0.05) is 16.7 Å². The summed E-state index contributed by atoms with van der Waals surface area (Å²) in [4.78, 5) is 0. The Morgan fingerprint density at radius 3 is 1.87 bits per heavy atom. The van der Waals surface area contributed by atoms with Crippen LogP contribution in [0.4, 0.5) is 13.2 Å². The fourth-order valence-corrected chi connectivity index (χ4v) is 5.46. The minimum absolute atomic E-state index is 0.101. The molecule has 6 aromatic carbocycles. The van der Waals surface area contributed by atoms with E-state index in [-0.39, 0.29) is 22.4 Å². The first-order valence-corrected chi connectivity index (χ1v) is 15.6. The van der Waals surface area contributed by atoms with Crippen molar-refractivity contribution in [1.29, 1.82) is 0 Å². The second kappa shape index (κ2) is 13.9. The number of rotatable bonds is 8. The molecule has 0 fully saturated rings. The Morgan fingerprint density at radius 2 is 1.21 bits per heavy atom. The van der Waals surface area contributed by atoms with Crippen molar-refractivity contribution in [1.82, 2.24) is 0 Å². The molecular weight excluding hydrogens is 593 g/mol. The number of methoxy groups -OCH3 is 1. The van der Waals surface area contributed by atoms with Gasteiger partial charge in [-0.05, 0) is 94.9 Å². The van der Waals surface area contributed by atoms with Crippen LogP contribution < -0.4 is 9.47 Å². The molecule has 2 nitrogen and oxygen atoms in total. The van der Waals surface area contributed by atoms with Gasteiger partial charge in [-0.15, -0.1) is 0 Å². The zero-order valence-corrected chi connectivity index (χ0v) is 26.5. The summed E-state index contributed by atoms with van der Waals surface area (Å²) in [7, 11) is 1.44. The van der Waals surface area contributed by atoms with Gasteiger partial charge in [-0.3, -0.25) is 0 Å². The number of benzene rings is 6. The van der Waals surface area contributed by atoms with E-state index in [0.29, 0.717) is 23.3 Å². The third-order valence-electron chi connectivity index (χ3n) is 8.13. The van der Waals surface area contributed by atoms with Crippen LogP contribution in [0.3, 0.4) is 0 Å². The summed E-state index contributed by atoms with van der Waals surface area (Å²) in [6.07, 6.45) is 2.08. The summed E-state index contributed by atoms with van der Waals surface area (Å²) >= 11 is 0. The molecule has 0 aliphatic carbocycles. The second-order valence-corrected chi connectivity index (χ2v) is 11.5. The number of hydrogen-bond donors (Lipinski definition) is 0. The minimum Gasteiger partial charge on any atom is -0.495 e. The predicted molar refractivity (Wildman–Crippen MR) is 184 cm³/mol. The Kier molecular flexibility index (Phi) is 9.31. The SMILES string of the molecule is CCCCOc1ccc2cc(C#Cc3c(F)cc(-c4ccc(-c5ccc(-c6ccc(C)cc6)cc5F)c(F)c4)cc3OC)ccc2c1. The van der Waals surface area contributed by atoms with Crippen LogP contribution >= 0.6 is 0 Å². The summed E-state index contributed by atoms with van der Waals surface area (Å²) in [5.74, 6) is 5.27. The molecule has 234 valence electrons. The van der Waals surface area contributed by atoms with E-state index in [2.05, 4.69) is 18.8 Å². The maximum absolute atomic E-state index is 15.5. The van der Waals surface area contributed by atoms with Gasteiger partial charge in [0.25, 0.3) is 0 Å². The van der Waals surface area contributed by atoms with E-state index in [4.69, 9.17) is 9.47 Å². The highest BCUT2D eigenvalue weighted by Gasteiger charge is 2.16. The summed E-state index contributed by atoms with van der Waals surface area (Å²) in [6, 6.07) is 31.6. The molecule has 0 aliphatic heterocycles. The number of hydrogen-bond acceptors (Lipinski definition) is 2. The largest absolute Gasteiger partial charge is 0.495 e. The third-order valence-corrected chi connectivity index (χ3v) is 8.13. The van der Waals surface area contributed by atoms with Gasteiger partial charge in [0.1, 0.15) is 34.5 Å². The third kappa shape index (κ3) is 7.03. The fraction of sp³-hybridized carbons (Fsp3) is 0.143. The van der Waals surface area contributed by atoms with Crippen LogP contribution in [0.25, 0.3) is 44.2 Å². The Bertz CT molecular complexity index is 2140. The van der Waals surface area contributed by atoms with Crippen LogP contribution in [-0.4, -0.2) is 13.7 Å². The highest BCUT2D eigenvalue weighted by molar-refractivity contribution is 5.85. The Morgan fingerprint density at radius 1 is 0.596 bits per heavy atom. The van der Waals surface area contributed by atoms with Gasteiger partial charge in [0.05, 0.1) is 13.7 Å². The quantitative estimate of drug-likeness (QED) is 0.124. The zero-order valence-electron chi connectivity index (χ0n) is 26.5. The molecule has 0 saturated carbocycles. The van der Waals surface area contributed by atoms with E-state index in [1.54, 1.807) is 24.3 Å². The molecule has 0 radical (unpaired) electrons. The Hall–Kier alpha value is -5.47. The van der Waals surface area contributed by atoms with Crippen LogP contribution in [-0.2, 0) is 0 Å². The molecule has 0 heterocycles. The van der Waals surface area contributed by atoms with E-state index in [1.807, 2.05) is 67.6 Å². The van der Waals surface area contributed by atoms with Gasteiger partial charge in [-0.25, -0.2) is 13.2 Å². The van der Waals surface area contributed by atoms with Crippen LogP contribution in [0.2, 0.25) is 0 Å². The molecule has 0 aliphatic rings. The van der Waals surface area contributed by atoms with Crippen molar-refractivity contribution in [2.45, 2.75) is 26.7 Å². The molecule has 0 bridgehead atoms. The summed E-state index contributed by atoms with van der Waals surface area (Å²) in [5.41, 5.74) is 4.61. The average Bonchev–Trinajstić information content (AvgIpc) is 3.08. The molecule has 0 amide bonds. The molecule has 6 rings (SSSR count). The molecule has 47 heavy (non-hydrogen) atoms. The molecule has 0 unspecified atom stereocenters. The van der Waals surface area contributed by atoms with Crippen molar-refractivity contribution in [3.05, 3.63) is 143 Å². The van der Waals surface area contributed by atoms with E-state index in [0.717, 1.165) is 46.1 Å². The maximum Gasteiger partial charge on any atom is 0.143 e. The molecule has 6 aromatic rings. The predicted octanol–water partition coefficient (Wildman–Crippen LogP) is 11.2. The highest BCUT2D eigenvalue weighted by atomic mass is 19.1. The van der Waals surface area contributed by atoms with Gasteiger partial charge in [-0.1, -0.05) is 91.4 Å². The summed E-state index contributed by atoms with van der Waals surface area (Å²) in [6.45, 7) is 4.79. The molecule has 0 aromatic heterocycles. The molecule has 5 heteroatoms. The standard InChI is InChI=1S/C42H33F3O2/c1-4-5-20-47-35-16-13-30-21-28(8-12-31(30)22-35)9-17-38-41(45)25-34(26-42(38)46-3)33-15-19-37(40(44)24-33)36-18-14-32(23-39(36)43)29-10-6-27(2)7-11-29/h6-8,10-16,18-19,21-26H,4-5,20H2,1-3H3. The van der Waals surface area contributed by atoms with E-state index in [9.17, 15) is 0 Å². The lowest BCUT2D eigenvalue weighted by molar-refractivity contribution is 0.310. The highest BCUT2D eigenvalue weighted by Crippen LogP contribution is 2.34. The lowest BCUT2D eigenvalue weighted by Gasteiger charge is -2.12. The molecule has 0 spiro atoms. The van der Waals surface area contributed by atoms with Crippen molar-refractivity contribution >= 4 is 10.8 Å². The van der Waals surface area contributed by atoms with Gasteiger partial charge >= 0.3 is 0 Å². The van der Waals surface area contributed by atoms with Crippen molar-refractivity contribution < 1.29 is 22.6 Å². The average molecular weight is 627 g/mol. The van der Waals surface area contributed by atoms with Crippen LogP contribution in [0, 0.1) is 36.2 Å². The van der Waals surface area contributed by atoms with E-state index in [1.165, 1.54) is 31.4 Å². The van der Waals surface area contributed by atoms with Crippen LogP contribution in [0.15, 0.2) is 109 Å². The summed E-state index contributed by atoms with van der Waals surface area (Å²) in [5, 5.41) is 2.02. The number of unbranched alkanes of at least 4 members (excludes halogenated alkanes) is 1. The first kappa shape index (κ1) is 31.5. The maximum atomic E-state index is 15.5. The van der Waals surface area contributed by atoms with Gasteiger partial charge in [-0.2, -0.15) is 0 Å². The number of halogens is 3. The molecule has 0 N–H and O–H groups in total. The number of fused-ring (bicyclic) bond motifs is 1. The molecule has 0 saturated heterocycles. The topological polar surface area (TPSA) is 18.5 Å². The smallest absolute Gasteiger partial charge is 0.143 e. The van der Waals surface area contributed by atoms with Crippen molar-refractivity contribution in [2.75, 3.05) is 13.7 Å². The van der Waals surface area contributed by atoms with Crippen LogP contribution in [0.1, 0.15) is 36.5 Å². The Balaban J connectivity index is 1.24. The molecular formula is C42H33F3O2. The number of ether oxygens (including phenoxy) is 2. The zero-order chi connectivity index (χ0) is 32.9. The van der Waals surface area contributed by atoms with E-state index >= 15 is 13.2 Å². The van der Waals surface area contributed by atoms with Gasteiger partial charge in [0.15, 0.2) is 0 Å². The lowest BCUT2D eigenvalue weighted by Crippen LogP contribution is -1.96. The minimum atomic E-state index is -0.622.